The minimum absolute atomic E-state index is 1.16. The summed E-state index contributed by atoms with van der Waals surface area (Å²) in [7, 11) is 0. The van der Waals surface area contributed by atoms with E-state index in [9.17, 15) is 0 Å². The molecule has 2 nitrogen and oxygen atoms in total. The van der Waals surface area contributed by atoms with Gasteiger partial charge in [-0.3, -0.25) is 0 Å². The summed E-state index contributed by atoms with van der Waals surface area (Å²) in [5.41, 5.74) is 17.3. The van der Waals surface area contributed by atoms with Gasteiger partial charge in [0, 0.05) is 33.5 Å². The first-order valence-corrected chi connectivity index (χ1v) is 18.4. The Morgan fingerprint density at radius 2 is 0.596 bits per heavy atom. The Balaban J connectivity index is 1.44. The van der Waals surface area contributed by atoms with Gasteiger partial charge in [-0.1, -0.05) is 72.8 Å². The van der Waals surface area contributed by atoms with Crippen LogP contribution in [0.5, 0.6) is 0 Å². The molecular formula is C50H46N2. The maximum atomic E-state index is 2.46. The molecule has 0 spiro atoms. The highest BCUT2D eigenvalue weighted by Gasteiger charge is 2.21. The zero-order valence-corrected chi connectivity index (χ0v) is 31.6. The molecule has 0 aliphatic carbocycles. The van der Waals surface area contributed by atoms with E-state index in [4.69, 9.17) is 0 Å². The second-order valence-corrected chi connectivity index (χ2v) is 14.7. The lowest BCUT2D eigenvalue weighted by molar-refractivity contribution is 1.24. The summed E-state index contributed by atoms with van der Waals surface area (Å²) >= 11 is 0. The third-order valence-electron chi connectivity index (χ3n) is 11.3. The number of aryl methyl sites for hydroxylation is 8. The van der Waals surface area contributed by atoms with E-state index >= 15 is 0 Å². The fourth-order valence-electron chi connectivity index (χ4n) is 7.60. The molecule has 8 aromatic carbocycles. The molecule has 0 amide bonds. The molecule has 0 atom stereocenters. The molecule has 0 saturated heterocycles. The van der Waals surface area contributed by atoms with Crippen molar-refractivity contribution >= 4 is 66.4 Å². The van der Waals surface area contributed by atoms with Crippen LogP contribution in [0, 0.1) is 55.4 Å². The Hall–Kier alpha value is -5.86. The maximum Gasteiger partial charge on any atom is 0.0546 e. The number of rotatable bonds is 6. The van der Waals surface area contributed by atoms with Crippen LogP contribution >= 0.6 is 0 Å². The molecule has 0 aliphatic rings. The molecule has 0 unspecified atom stereocenters. The van der Waals surface area contributed by atoms with Crippen molar-refractivity contribution < 1.29 is 0 Å². The van der Waals surface area contributed by atoms with Gasteiger partial charge < -0.3 is 9.80 Å². The molecule has 0 N–H and O–H groups in total. The lowest BCUT2D eigenvalue weighted by Gasteiger charge is -2.30. The van der Waals surface area contributed by atoms with Crippen molar-refractivity contribution in [2.24, 2.45) is 0 Å². The van der Waals surface area contributed by atoms with Crippen LogP contribution in [0.15, 0.2) is 133 Å². The summed E-state index contributed by atoms with van der Waals surface area (Å²) in [6.07, 6.45) is 0. The Labute approximate surface area is 308 Å². The zero-order valence-electron chi connectivity index (χ0n) is 31.6. The smallest absolute Gasteiger partial charge is 0.0546 e. The van der Waals surface area contributed by atoms with Gasteiger partial charge in [-0.25, -0.2) is 0 Å². The Morgan fingerprint density at radius 3 is 1.06 bits per heavy atom. The fourth-order valence-corrected chi connectivity index (χ4v) is 7.60. The molecule has 0 saturated carbocycles. The summed E-state index contributed by atoms with van der Waals surface area (Å²) in [6, 6.07) is 50.1. The number of hydrogen-bond donors (Lipinski definition) is 0. The van der Waals surface area contributed by atoms with E-state index in [0.29, 0.717) is 0 Å². The highest BCUT2D eigenvalue weighted by molar-refractivity contribution is 6.23. The number of anilines is 6. The van der Waals surface area contributed by atoms with Crippen LogP contribution in [0.1, 0.15) is 44.5 Å². The quantitative estimate of drug-likeness (QED) is 0.162. The molecule has 0 heterocycles. The summed E-state index contributed by atoms with van der Waals surface area (Å²) in [6.45, 7) is 17.6. The van der Waals surface area contributed by atoms with E-state index in [1.54, 1.807) is 0 Å². The average molecular weight is 675 g/mol. The molecule has 0 aliphatic heterocycles. The average Bonchev–Trinajstić information content (AvgIpc) is 3.14. The molecule has 8 aromatic rings. The predicted molar refractivity (Wildman–Crippen MR) is 226 cm³/mol. The van der Waals surface area contributed by atoms with Crippen LogP contribution in [-0.4, -0.2) is 0 Å². The number of fused-ring (bicyclic) bond motifs is 5. The van der Waals surface area contributed by atoms with Gasteiger partial charge in [-0.05, 0) is 182 Å². The minimum Gasteiger partial charge on any atom is -0.310 e. The van der Waals surface area contributed by atoms with Crippen molar-refractivity contribution in [2.75, 3.05) is 9.80 Å². The molecule has 8 rings (SSSR count). The van der Waals surface area contributed by atoms with Crippen LogP contribution in [0.25, 0.3) is 32.3 Å². The van der Waals surface area contributed by atoms with Gasteiger partial charge in [-0.2, -0.15) is 0 Å². The second kappa shape index (κ2) is 13.0. The highest BCUT2D eigenvalue weighted by atomic mass is 15.1. The number of hydrogen-bond acceptors (Lipinski definition) is 2. The third-order valence-corrected chi connectivity index (χ3v) is 11.3. The van der Waals surface area contributed by atoms with Crippen molar-refractivity contribution in [3.63, 3.8) is 0 Å². The second-order valence-electron chi connectivity index (χ2n) is 14.7. The molecule has 2 heteroatoms. The van der Waals surface area contributed by atoms with Gasteiger partial charge in [0.2, 0.25) is 0 Å². The van der Waals surface area contributed by atoms with Crippen molar-refractivity contribution in [1.82, 2.24) is 0 Å². The van der Waals surface area contributed by atoms with E-state index < -0.39 is 0 Å². The van der Waals surface area contributed by atoms with E-state index in [0.717, 1.165) is 22.7 Å². The topological polar surface area (TPSA) is 6.48 Å². The van der Waals surface area contributed by atoms with E-state index in [-0.39, 0.29) is 0 Å². The summed E-state index contributed by atoms with van der Waals surface area (Å²) in [5, 5.41) is 7.43. The predicted octanol–water partition coefficient (Wildman–Crippen LogP) is 14.6. The third kappa shape index (κ3) is 5.69. The van der Waals surface area contributed by atoms with Crippen LogP contribution in [0.4, 0.5) is 34.1 Å². The first kappa shape index (κ1) is 33.3. The number of benzene rings is 8. The Morgan fingerprint density at radius 1 is 0.250 bits per heavy atom. The molecule has 256 valence electrons. The molecular weight excluding hydrogens is 629 g/mol. The maximum absolute atomic E-state index is 2.46. The summed E-state index contributed by atoms with van der Waals surface area (Å²) < 4.78 is 0. The lowest BCUT2D eigenvalue weighted by Crippen LogP contribution is -2.12. The normalized spacial score (nSPS) is 11.5. The van der Waals surface area contributed by atoms with E-state index in [1.807, 2.05) is 0 Å². The Kier molecular flexibility index (Phi) is 8.35. The molecule has 0 bridgehead atoms. The summed E-state index contributed by atoms with van der Waals surface area (Å²) in [4.78, 5) is 4.89. The van der Waals surface area contributed by atoms with Crippen molar-refractivity contribution in [1.29, 1.82) is 0 Å². The van der Waals surface area contributed by atoms with E-state index in [2.05, 4.69) is 199 Å². The molecule has 0 radical (unpaired) electrons. The fraction of sp³-hybridized carbons (Fsp3) is 0.160. The van der Waals surface area contributed by atoms with Gasteiger partial charge >= 0.3 is 0 Å². The number of nitrogens with zero attached hydrogens (tertiary/aromatic N) is 2. The summed E-state index contributed by atoms with van der Waals surface area (Å²) in [5.74, 6) is 0. The zero-order chi connectivity index (χ0) is 36.3. The Bertz CT molecular complexity index is 2580. The van der Waals surface area contributed by atoms with Gasteiger partial charge in [0.25, 0.3) is 0 Å². The van der Waals surface area contributed by atoms with Crippen molar-refractivity contribution in [2.45, 2.75) is 55.4 Å². The van der Waals surface area contributed by atoms with Gasteiger partial charge in [-0.15, -0.1) is 0 Å². The van der Waals surface area contributed by atoms with Gasteiger partial charge in [0.05, 0.1) is 11.4 Å². The SMILES string of the molecule is Cc1ccc(N(c2ccc(C)c(C)c2)c2cc3c4cccc(N(c5ccc(C)c(C)c5)c5ccc(C)c(C)c5)c4ccc3c3ccccc23)cc1C. The highest BCUT2D eigenvalue weighted by Crippen LogP contribution is 2.46. The minimum atomic E-state index is 1.16. The molecule has 0 aromatic heterocycles. The standard InChI is InChI=1S/C50H46N2/c1-31-16-20-39(26-35(31)5)51(40-21-17-32(2)36(6)27-40)49-15-11-14-44-47(49)25-24-45-43-12-9-10-13-46(43)50(30-48(44)45)52(41-22-18-33(3)37(7)28-41)42-23-19-34(4)38(8)29-42/h9-30H,1-8H3. The van der Waals surface area contributed by atoms with Gasteiger partial charge in [0.15, 0.2) is 0 Å². The lowest BCUT2D eigenvalue weighted by atomic mass is 9.93. The van der Waals surface area contributed by atoms with Gasteiger partial charge in [0.1, 0.15) is 0 Å². The first-order valence-electron chi connectivity index (χ1n) is 18.4. The van der Waals surface area contributed by atoms with Crippen LogP contribution < -0.4 is 9.80 Å². The van der Waals surface area contributed by atoms with Crippen molar-refractivity contribution in [3.8, 4) is 0 Å². The molecule has 52 heavy (non-hydrogen) atoms. The van der Waals surface area contributed by atoms with Crippen molar-refractivity contribution in [3.05, 3.63) is 178 Å². The van der Waals surface area contributed by atoms with Crippen LogP contribution in [0.3, 0.4) is 0 Å². The monoisotopic (exact) mass is 674 g/mol. The van der Waals surface area contributed by atoms with Crippen LogP contribution in [-0.2, 0) is 0 Å². The first-order chi connectivity index (χ1) is 25.1. The van der Waals surface area contributed by atoms with E-state index in [1.165, 1.54) is 88.2 Å². The largest absolute Gasteiger partial charge is 0.310 e. The molecule has 0 fully saturated rings. The van der Waals surface area contributed by atoms with Crippen LogP contribution in [0.2, 0.25) is 0 Å².